The lowest BCUT2D eigenvalue weighted by Gasteiger charge is -2.43. The van der Waals surface area contributed by atoms with Gasteiger partial charge in [-0.2, -0.15) is 0 Å². The Labute approximate surface area is 117 Å². The predicted molar refractivity (Wildman–Crippen MR) is 78.1 cm³/mol. The van der Waals surface area contributed by atoms with Gasteiger partial charge in [-0.15, -0.1) is 0 Å². The first-order chi connectivity index (χ1) is 8.92. The maximum atomic E-state index is 12.8. The third-order valence-electron chi connectivity index (χ3n) is 4.81. The molecule has 0 aromatic heterocycles. The highest BCUT2D eigenvalue weighted by Gasteiger charge is 2.40. The van der Waals surface area contributed by atoms with E-state index < -0.39 is 0 Å². The molecule has 0 aliphatic carbocycles. The summed E-state index contributed by atoms with van der Waals surface area (Å²) in [6.45, 7) is 7.23. The van der Waals surface area contributed by atoms with Gasteiger partial charge < -0.3 is 15.1 Å². The van der Waals surface area contributed by atoms with Crippen molar-refractivity contribution in [3.05, 3.63) is 0 Å². The molecule has 0 aromatic carbocycles. The van der Waals surface area contributed by atoms with Crippen LogP contribution < -0.4 is 5.32 Å². The van der Waals surface area contributed by atoms with E-state index in [0.29, 0.717) is 11.9 Å². The molecule has 4 nitrogen and oxygen atoms in total. The van der Waals surface area contributed by atoms with Gasteiger partial charge in [0.15, 0.2) is 0 Å². The number of hydrogen-bond donors (Lipinski definition) is 1. The van der Waals surface area contributed by atoms with Gasteiger partial charge in [-0.3, -0.25) is 4.79 Å². The quantitative estimate of drug-likeness (QED) is 0.819. The number of nitrogens with zero attached hydrogens (tertiary/aromatic N) is 2. The predicted octanol–water partition coefficient (Wildman–Crippen LogP) is 1.32. The fraction of sp³-hybridized carbons (Fsp3) is 0.933. The number of carbonyl (C=O) groups excluding carboxylic acids is 1. The SMILES string of the molecule is CN(C)C1CCCN(C(=O)C2NCCCC2(C)C)C1. The molecule has 0 saturated carbocycles. The minimum atomic E-state index is 0.00200. The number of hydrogen-bond acceptors (Lipinski definition) is 3. The van der Waals surface area contributed by atoms with Crippen molar-refractivity contribution >= 4 is 5.91 Å². The maximum absolute atomic E-state index is 12.8. The molecule has 2 saturated heterocycles. The zero-order valence-electron chi connectivity index (χ0n) is 12.9. The topological polar surface area (TPSA) is 35.6 Å². The van der Waals surface area contributed by atoms with E-state index in [-0.39, 0.29) is 11.5 Å². The second-order valence-electron chi connectivity index (χ2n) is 7.02. The van der Waals surface area contributed by atoms with Crippen LogP contribution in [0, 0.1) is 5.41 Å². The van der Waals surface area contributed by atoms with E-state index >= 15 is 0 Å². The monoisotopic (exact) mass is 267 g/mol. The summed E-state index contributed by atoms with van der Waals surface area (Å²) in [6.07, 6.45) is 4.65. The van der Waals surface area contributed by atoms with E-state index in [1.165, 1.54) is 12.8 Å². The van der Waals surface area contributed by atoms with Gasteiger partial charge in [0.2, 0.25) is 5.91 Å². The van der Waals surface area contributed by atoms with Crippen LogP contribution in [0.5, 0.6) is 0 Å². The highest BCUT2D eigenvalue weighted by Crippen LogP contribution is 2.31. The fourth-order valence-corrected chi connectivity index (χ4v) is 3.39. The Bertz CT molecular complexity index is 327. The van der Waals surface area contributed by atoms with Crippen molar-refractivity contribution in [1.29, 1.82) is 0 Å². The molecule has 2 unspecified atom stereocenters. The van der Waals surface area contributed by atoms with Crippen molar-refractivity contribution in [2.75, 3.05) is 33.7 Å². The zero-order chi connectivity index (χ0) is 14.0. The summed E-state index contributed by atoms with van der Waals surface area (Å²) in [6, 6.07) is 0.520. The summed E-state index contributed by atoms with van der Waals surface area (Å²) >= 11 is 0. The number of amides is 1. The van der Waals surface area contributed by atoms with E-state index in [2.05, 4.69) is 43.1 Å². The van der Waals surface area contributed by atoms with Gasteiger partial charge in [0.05, 0.1) is 6.04 Å². The molecule has 4 heteroatoms. The molecule has 1 amide bonds. The summed E-state index contributed by atoms with van der Waals surface area (Å²) in [7, 11) is 4.23. The lowest BCUT2D eigenvalue weighted by atomic mass is 9.77. The van der Waals surface area contributed by atoms with Crippen LogP contribution in [0.15, 0.2) is 0 Å². The van der Waals surface area contributed by atoms with Crippen molar-refractivity contribution in [1.82, 2.24) is 15.1 Å². The van der Waals surface area contributed by atoms with Crippen LogP contribution in [0.2, 0.25) is 0 Å². The van der Waals surface area contributed by atoms with Gasteiger partial charge in [0.1, 0.15) is 0 Å². The normalized spacial score (nSPS) is 31.5. The Balaban J connectivity index is 2.02. The van der Waals surface area contributed by atoms with Crippen molar-refractivity contribution < 1.29 is 4.79 Å². The van der Waals surface area contributed by atoms with E-state index in [4.69, 9.17) is 0 Å². The second-order valence-corrected chi connectivity index (χ2v) is 7.02. The smallest absolute Gasteiger partial charge is 0.240 e. The number of piperidine rings is 2. The van der Waals surface area contributed by atoms with Crippen LogP contribution in [0.1, 0.15) is 39.5 Å². The molecule has 1 N–H and O–H groups in total. The van der Waals surface area contributed by atoms with Crippen LogP contribution in [0.4, 0.5) is 0 Å². The van der Waals surface area contributed by atoms with Crippen LogP contribution >= 0.6 is 0 Å². The Morgan fingerprint density at radius 3 is 2.68 bits per heavy atom. The zero-order valence-corrected chi connectivity index (χ0v) is 12.9. The molecule has 2 atom stereocenters. The van der Waals surface area contributed by atoms with E-state index in [0.717, 1.165) is 32.5 Å². The molecule has 2 fully saturated rings. The Morgan fingerprint density at radius 2 is 2.05 bits per heavy atom. The van der Waals surface area contributed by atoms with Crippen LogP contribution in [-0.2, 0) is 4.79 Å². The summed E-state index contributed by atoms with van der Waals surface area (Å²) < 4.78 is 0. The van der Waals surface area contributed by atoms with Gasteiger partial charge in [0.25, 0.3) is 0 Å². The maximum Gasteiger partial charge on any atom is 0.240 e. The number of likely N-dealkylation sites (N-methyl/N-ethyl adjacent to an activating group) is 1. The number of rotatable bonds is 2. The third kappa shape index (κ3) is 3.29. The molecule has 110 valence electrons. The molecule has 19 heavy (non-hydrogen) atoms. The second kappa shape index (κ2) is 5.80. The van der Waals surface area contributed by atoms with Crippen LogP contribution in [0.3, 0.4) is 0 Å². The average Bonchev–Trinajstić information content (AvgIpc) is 2.37. The number of carbonyl (C=O) groups is 1. The Hall–Kier alpha value is -0.610. The fourth-order valence-electron chi connectivity index (χ4n) is 3.39. The van der Waals surface area contributed by atoms with E-state index in [1.807, 2.05) is 0 Å². The van der Waals surface area contributed by atoms with E-state index in [1.54, 1.807) is 0 Å². The average molecular weight is 267 g/mol. The first kappa shape index (κ1) is 14.8. The third-order valence-corrected chi connectivity index (χ3v) is 4.81. The summed E-state index contributed by atoms with van der Waals surface area (Å²) in [5.41, 5.74) is 0.0837. The summed E-state index contributed by atoms with van der Waals surface area (Å²) in [5.74, 6) is 0.316. The molecule has 0 aromatic rings. The first-order valence-corrected chi connectivity index (χ1v) is 7.60. The largest absolute Gasteiger partial charge is 0.340 e. The first-order valence-electron chi connectivity index (χ1n) is 7.60. The lowest BCUT2D eigenvalue weighted by Crippen LogP contribution is -2.59. The summed E-state index contributed by atoms with van der Waals surface area (Å²) in [5, 5.41) is 3.45. The molecular weight excluding hydrogens is 238 g/mol. The van der Waals surface area contributed by atoms with Crippen molar-refractivity contribution in [3.8, 4) is 0 Å². The minimum absolute atomic E-state index is 0.00200. The standard InChI is InChI=1S/C15H29N3O/c1-15(2)8-6-9-16-13(15)14(19)18-10-5-7-12(11-18)17(3)4/h12-13,16H,5-11H2,1-4H3. The molecular formula is C15H29N3O. The number of likely N-dealkylation sites (tertiary alicyclic amines) is 1. The van der Waals surface area contributed by atoms with Gasteiger partial charge in [0, 0.05) is 19.1 Å². The Kier molecular flexibility index (Phi) is 4.51. The van der Waals surface area contributed by atoms with Crippen LogP contribution in [0.25, 0.3) is 0 Å². The van der Waals surface area contributed by atoms with Crippen molar-refractivity contribution in [2.24, 2.45) is 5.41 Å². The summed E-state index contributed by atoms with van der Waals surface area (Å²) in [4.78, 5) is 17.1. The molecule has 0 bridgehead atoms. The van der Waals surface area contributed by atoms with Crippen molar-refractivity contribution in [2.45, 2.75) is 51.6 Å². The molecule has 2 rings (SSSR count). The Morgan fingerprint density at radius 1 is 1.32 bits per heavy atom. The minimum Gasteiger partial charge on any atom is -0.340 e. The van der Waals surface area contributed by atoms with Gasteiger partial charge in [-0.05, 0) is 51.7 Å². The molecule has 0 spiro atoms. The van der Waals surface area contributed by atoms with Gasteiger partial charge in [-0.25, -0.2) is 0 Å². The molecule has 2 aliphatic rings. The van der Waals surface area contributed by atoms with E-state index in [9.17, 15) is 4.79 Å². The molecule has 2 heterocycles. The molecule has 2 aliphatic heterocycles. The molecule has 0 radical (unpaired) electrons. The van der Waals surface area contributed by atoms with Gasteiger partial charge in [-0.1, -0.05) is 13.8 Å². The van der Waals surface area contributed by atoms with Crippen molar-refractivity contribution in [3.63, 3.8) is 0 Å². The number of nitrogens with one attached hydrogen (secondary N) is 1. The lowest BCUT2D eigenvalue weighted by molar-refractivity contribution is -0.139. The highest BCUT2D eigenvalue weighted by atomic mass is 16.2. The van der Waals surface area contributed by atoms with Crippen LogP contribution in [-0.4, -0.2) is 61.5 Å². The van der Waals surface area contributed by atoms with Gasteiger partial charge >= 0.3 is 0 Å². The highest BCUT2D eigenvalue weighted by molar-refractivity contribution is 5.83.